The summed E-state index contributed by atoms with van der Waals surface area (Å²) >= 11 is 0. The molecular formula is C21H30IN5O2S. The van der Waals surface area contributed by atoms with Crippen LogP contribution in [0.1, 0.15) is 11.1 Å². The highest BCUT2D eigenvalue weighted by atomic mass is 127. The lowest BCUT2D eigenvalue weighted by atomic mass is 10.1. The topological polar surface area (TPSA) is 77.0 Å². The van der Waals surface area contributed by atoms with Crippen LogP contribution in [0.2, 0.25) is 0 Å². The molecule has 0 saturated carbocycles. The number of aliphatic imine (C=N–C) groups is 1. The van der Waals surface area contributed by atoms with Crippen molar-refractivity contribution < 1.29 is 8.42 Å². The molecule has 1 fully saturated rings. The molecule has 1 saturated heterocycles. The summed E-state index contributed by atoms with van der Waals surface area (Å²) in [5.74, 6) is 0.879. The van der Waals surface area contributed by atoms with Crippen LogP contribution in [0.15, 0.2) is 59.6 Å². The van der Waals surface area contributed by atoms with Crippen molar-refractivity contribution in [3.05, 3.63) is 65.7 Å². The molecule has 0 unspecified atom stereocenters. The van der Waals surface area contributed by atoms with Crippen molar-refractivity contribution in [2.75, 3.05) is 45.2 Å². The van der Waals surface area contributed by atoms with E-state index in [2.05, 4.69) is 49.1 Å². The fourth-order valence-corrected chi connectivity index (χ4v) is 4.15. The van der Waals surface area contributed by atoms with E-state index in [9.17, 15) is 8.42 Å². The SMILES string of the molecule is CN=C(NCc1ccc(CS(=O)(=O)NC)cc1)N1CCN(c2ccccc2)CC1.I. The minimum atomic E-state index is -3.25. The fourth-order valence-electron chi connectivity index (χ4n) is 3.37. The van der Waals surface area contributed by atoms with Gasteiger partial charge in [0.25, 0.3) is 0 Å². The Morgan fingerprint density at radius 3 is 2.13 bits per heavy atom. The van der Waals surface area contributed by atoms with Crippen LogP contribution in [0.5, 0.6) is 0 Å². The Labute approximate surface area is 196 Å². The average molecular weight is 543 g/mol. The van der Waals surface area contributed by atoms with Crippen LogP contribution in [0.3, 0.4) is 0 Å². The first kappa shape index (κ1) is 24.4. The first-order chi connectivity index (χ1) is 14.0. The fraction of sp³-hybridized carbons (Fsp3) is 0.381. The summed E-state index contributed by atoms with van der Waals surface area (Å²) in [7, 11) is -0.0170. The van der Waals surface area contributed by atoms with E-state index >= 15 is 0 Å². The molecule has 30 heavy (non-hydrogen) atoms. The highest BCUT2D eigenvalue weighted by Gasteiger charge is 2.19. The van der Waals surface area contributed by atoms with Gasteiger partial charge in [0.15, 0.2) is 5.96 Å². The molecule has 1 aliphatic heterocycles. The number of sulfonamides is 1. The molecule has 164 valence electrons. The van der Waals surface area contributed by atoms with Gasteiger partial charge in [0.05, 0.1) is 5.75 Å². The van der Waals surface area contributed by atoms with E-state index in [1.54, 1.807) is 7.05 Å². The summed E-state index contributed by atoms with van der Waals surface area (Å²) in [6.07, 6.45) is 0. The predicted molar refractivity (Wildman–Crippen MR) is 134 cm³/mol. The predicted octanol–water partition coefficient (Wildman–Crippen LogP) is 2.25. The molecule has 2 N–H and O–H groups in total. The molecule has 1 aliphatic rings. The number of halogens is 1. The van der Waals surface area contributed by atoms with Gasteiger partial charge in [-0.25, -0.2) is 13.1 Å². The van der Waals surface area contributed by atoms with E-state index in [4.69, 9.17) is 0 Å². The number of piperazine rings is 1. The summed E-state index contributed by atoms with van der Waals surface area (Å²) in [4.78, 5) is 9.09. The van der Waals surface area contributed by atoms with Crippen LogP contribution < -0.4 is 14.9 Å². The molecule has 2 aromatic carbocycles. The molecule has 0 radical (unpaired) electrons. The Morgan fingerprint density at radius 2 is 1.57 bits per heavy atom. The molecule has 3 rings (SSSR count). The normalized spacial score (nSPS) is 14.9. The van der Waals surface area contributed by atoms with Gasteiger partial charge in [-0.3, -0.25) is 4.99 Å². The van der Waals surface area contributed by atoms with E-state index in [0.29, 0.717) is 6.54 Å². The Bertz CT molecular complexity index is 912. The zero-order valence-electron chi connectivity index (χ0n) is 17.4. The lowest BCUT2D eigenvalue weighted by Crippen LogP contribution is -2.52. The summed E-state index contributed by atoms with van der Waals surface area (Å²) in [6.45, 7) is 4.38. The van der Waals surface area contributed by atoms with Crippen molar-refractivity contribution in [3.63, 3.8) is 0 Å². The molecule has 0 spiro atoms. The van der Waals surface area contributed by atoms with Crippen molar-refractivity contribution in [1.29, 1.82) is 0 Å². The lowest BCUT2D eigenvalue weighted by molar-refractivity contribution is 0.372. The number of guanidine groups is 1. The minimum Gasteiger partial charge on any atom is -0.368 e. The first-order valence-electron chi connectivity index (χ1n) is 9.75. The van der Waals surface area contributed by atoms with Gasteiger partial charge in [0.2, 0.25) is 10.0 Å². The molecule has 0 aromatic heterocycles. The third-order valence-corrected chi connectivity index (χ3v) is 6.39. The van der Waals surface area contributed by atoms with E-state index in [0.717, 1.165) is 43.3 Å². The second-order valence-corrected chi connectivity index (χ2v) is 8.92. The second kappa shape index (κ2) is 11.5. The molecule has 0 bridgehead atoms. The maximum Gasteiger partial charge on any atom is 0.215 e. The zero-order chi connectivity index (χ0) is 20.7. The highest BCUT2D eigenvalue weighted by Crippen LogP contribution is 2.15. The Kier molecular flexibility index (Phi) is 9.37. The molecule has 9 heteroatoms. The molecule has 0 amide bonds. The number of nitrogens with one attached hydrogen (secondary N) is 2. The number of anilines is 1. The number of rotatable bonds is 6. The van der Waals surface area contributed by atoms with Gasteiger partial charge < -0.3 is 15.1 Å². The van der Waals surface area contributed by atoms with E-state index < -0.39 is 10.0 Å². The van der Waals surface area contributed by atoms with Gasteiger partial charge in [-0.15, -0.1) is 24.0 Å². The zero-order valence-corrected chi connectivity index (χ0v) is 20.6. The summed E-state index contributed by atoms with van der Waals surface area (Å²) < 4.78 is 25.6. The van der Waals surface area contributed by atoms with Gasteiger partial charge in [-0.2, -0.15) is 0 Å². The number of nitrogens with zero attached hydrogens (tertiary/aromatic N) is 3. The van der Waals surface area contributed by atoms with Crippen LogP contribution in [-0.4, -0.2) is 59.6 Å². The van der Waals surface area contributed by atoms with Gasteiger partial charge in [0, 0.05) is 45.5 Å². The largest absolute Gasteiger partial charge is 0.368 e. The number of hydrogen-bond acceptors (Lipinski definition) is 4. The van der Waals surface area contributed by atoms with Crippen LogP contribution >= 0.6 is 24.0 Å². The maximum absolute atomic E-state index is 11.6. The Balaban J connectivity index is 0.00000320. The van der Waals surface area contributed by atoms with Gasteiger partial charge in [-0.1, -0.05) is 42.5 Å². The van der Waals surface area contributed by atoms with Crippen LogP contribution in [0.4, 0.5) is 5.69 Å². The summed E-state index contributed by atoms with van der Waals surface area (Å²) in [5, 5.41) is 3.42. The van der Waals surface area contributed by atoms with Crippen LogP contribution in [-0.2, 0) is 22.3 Å². The molecule has 7 nitrogen and oxygen atoms in total. The Hall–Kier alpha value is -1.85. The number of para-hydroxylation sites is 1. The smallest absolute Gasteiger partial charge is 0.215 e. The average Bonchev–Trinajstić information content (AvgIpc) is 2.76. The van der Waals surface area contributed by atoms with Crippen molar-refractivity contribution in [2.45, 2.75) is 12.3 Å². The van der Waals surface area contributed by atoms with Crippen molar-refractivity contribution in [1.82, 2.24) is 14.9 Å². The lowest BCUT2D eigenvalue weighted by Gasteiger charge is -2.37. The molecule has 0 aliphatic carbocycles. The first-order valence-corrected chi connectivity index (χ1v) is 11.4. The minimum absolute atomic E-state index is 0. The van der Waals surface area contributed by atoms with Crippen LogP contribution in [0.25, 0.3) is 0 Å². The third kappa shape index (κ3) is 6.85. The number of hydrogen-bond donors (Lipinski definition) is 2. The molecule has 0 atom stereocenters. The van der Waals surface area contributed by atoms with Crippen molar-refractivity contribution in [3.8, 4) is 0 Å². The third-order valence-electron chi connectivity index (χ3n) is 5.05. The quantitative estimate of drug-likeness (QED) is 0.332. The van der Waals surface area contributed by atoms with Crippen molar-refractivity contribution >= 4 is 45.6 Å². The standard InChI is InChI=1S/C21H29N5O2S.HI/c1-22-21(26-14-12-25(13-15-26)20-6-4-3-5-7-20)24-16-18-8-10-19(11-9-18)17-29(27,28)23-2;/h3-11,23H,12-17H2,1-2H3,(H,22,24);1H. The van der Waals surface area contributed by atoms with Gasteiger partial charge >= 0.3 is 0 Å². The van der Waals surface area contributed by atoms with E-state index in [1.165, 1.54) is 12.7 Å². The molecule has 2 aromatic rings. The second-order valence-electron chi connectivity index (χ2n) is 6.99. The monoisotopic (exact) mass is 543 g/mol. The highest BCUT2D eigenvalue weighted by molar-refractivity contribution is 14.0. The molecule has 1 heterocycles. The molecular weight excluding hydrogens is 513 g/mol. The van der Waals surface area contributed by atoms with Crippen molar-refractivity contribution in [2.24, 2.45) is 4.99 Å². The summed E-state index contributed by atoms with van der Waals surface area (Å²) in [6, 6.07) is 18.1. The summed E-state index contributed by atoms with van der Waals surface area (Å²) in [5.41, 5.74) is 3.11. The van der Waals surface area contributed by atoms with Gasteiger partial charge in [-0.05, 0) is 30.3 Å². The van der Waals surface area contributed by atoms with Gasteiger partial charge in [0.1, 0.15) is 0 Å². The van der Waals surface area contributed by atoms with E-state index in [1.807, 2.05) is 30.3 Å². The number of benzene rings is 2. The maximum atomic E-state index is 11.6. The van der Waals surface area contributed by atoms with Crippen LogP contribution in [0, 0.1) is 0 Å². The van der Waals surface area contributed by atoms with E-state index in [-0.39, 0.29) is 29.7 Å². The Morgan fingerprint density at radius 1 is 0.967 bits per heavy atom.